The van der Waals surface area contributed by atoms with E-state index < -0.39 is 0 Å². The largest absolute Gasteiger partial charge is 0.379 e. The second kappa shape index (κ2) is 8.08. The maximum absolute atomic E-state index is 12.6. The first-order chi connectivity index (χ1) is 11.7. The van der Waals surface area contributed by atoms with Gasteiger partial charge in [0.25, 0.3) is 5.91 Å². The monoisotopic (exact) mass is 328 g/mol. The summed E-state index contributed by atoms with van der Waals surface area (Å²) in [5, 5.41) is 9.93. The summed E-state index contributed by atoms with van der Waals surface area (Å²) in [7, 11) is 0. The first kappa shape index (κ1) is 16.7. The van der Waals surface area contributed by atoms with Gasteiger partial charge in [-0.25, -0.2) is 0 Å². The van der Waals surface area contributed by atoms with Crippen LogP contribution in [0.15, 0.2) is 36.5 Å². The predicted molar refractivity (Wildman–Crippen MR) is 92.0 cm³/mol. The summed E-state index contributed by atoms with van der Waals surface area (Å²) in [6.07, 6.45) is 2.39. The van der Waals surface area contributed by atoms with Crippen LogP contribution in [0.3, 0.4) is 0 Å². The number of hydrogen-bond donors (Lipinski definition) is 2. The van der Waals surface area contributed by atoms with Crippen molar-refractivity contribution in [3.63, 3.8) is 0 Å². The Labute approximate surface area is 142 Å². The van der Waals surface area contributed by atoms with Gasteiger partial charge in [-0.1, -0.05) is 30.3 Å². The molecule has 1 aromatic heterocycles. The van der Waals surface area contributed by atoms with E-state index in [2.05, 4.69) is 32.5 Å². The van der Waals surface area contributed by atoms with Crippen molar-refractivity contribution in [1.29, 1.82) is 0 Å². The Balaban J connectivity index is 1.68. The van der Waals surface area contributed by atoms with Crippen LogP contribution in [0, 0.1) is 6.92 Å². The molecule has 128 valence electrons. The highest BCUT2D eigenvalue weighted by Gasteiger charge is 2.21. The lowest BCUT2D eigenvalue weighted by Gasteiger charge is -2.31. The molecule has 0 aliphatic carbocycles. The van der Waals surface area contributed by atoms with E-state index in [-0.39, 0.29) is 11.9 Å². The highest BCUT2D eigenvalue weighted by atomic mass is 16.5. The molecule has 24 heavy (non-hydrogen) atoms. The topological polar surface area (TPSA) is 70.2 Å². The number of rotatable bonds is 6. The highest BCUT2D eigenvalue weighted by molar-refractivity contribution is 5.95. The minimum absolute atomic E-state index is 0.0484. The molecule has 1 saturated heterocycles. The highest BCUT2D eigenvalue weighted by Crippen LogP contribution is 2.09. The molecule has 1 aromatic carbocycles. The van der Waals surface area contributed by atoms with Crippen molar-refractivity contribution in [2.45, 2.75) is 19.4 Å². The standard InChI is InChI=1S/C18H24N4O2/c1-14-17(12-19-21-14)18(23)20-16(11-15-5-3-2-4-6-15)13-22-7-9-24-10-8-22/h2-6,12,16H,7-11,13H2,1H3,(H,19,21)(H,20,23). The Hall–Kier alpha value is -2.18. The number of carbonyl (C=O) groups is 1. The minimum Gasteiger partial charge on any atom is -0.379 e. The Kier molecular flexibility index (Phi) is 5.61. The fourth-order valence-electron chi connectivity index (χ4n) is 3.00. The van der Waals surface area contributed by atoms with Crippen molar-refractivity contribution in [3.8, 4) is 0 Å². The third-order valence-electron chi connectivity index (χ3n) is 4.32. The lowest BCUT2D eigenvalue weighted by atomic mass is 10.0. The lowest BCUT2D eigenvalue weighted by Crippen LogP contribution is -2.48. The van der Waals surface area contributed by atoms with E-state index in [1.54, 1.807) is 6.20 Å². The molecular formula is C18H24N4O2. The van der Waals surface area contributed by atoms with E-state index in [1.165, 1.54) is 5.56 Å². The van der Waals surface area contributed by atoms with Crippen molar-refractivity contribution in [3.05, 3.63) is 53.3 Å². The molecule has 0 bridgehead atoms. The summed E-state index contributed by atoms with van der Waals surface area (Å²) in [4.78, 5) is 14.9. The Morgan fingerprint density at radius 2 is 2.08 bits per heavy atom. The molecule has 6 heteroatoms. The van der Waals surface area contributed by atoms with Gasteiger partial charge in [-0.3, -0.25) is 14.8 Å². The Bertz CT molecular complexity index is 650. The van der Waals surface area contributed by atoms with Gasteiger partial charge < -0.3 is 10.1 Å². The maximum Gasteiger partial charge on any atom is 0.255 e. The lowest BCUT2D eigenvalue weighted by molar-refractivity contribution is 0.0333. The molecular weight excluding hydrogens is 304 g/mol. The molecule has 0 radical (unpaired) electrons. The normalized spacial score (nSPS) is 16.7. The third kappa shape index (κ3) is 4.43. The maximum atomic E-state index is 12.6. The third-order valence-corrected chi connectivity index (χ3v) is 4.32. The van der Waals surface area contributed by atoms with Gasteiger partial charge in [-0.05, 0) is 18.9 Å². The average Bonchev–Trinajstić information content (AvgIpc) is 3.03. The van der Waals surface area contributed by atoms with Crippen LogP contribution >= 0.6 is 0 Å². The number of nitrogens with zero attached hydrogens (tertiary/aromatic N) is 2. The number of carbonyl (C=O) groups excluding carboxylic acids is 1. The number of nitrogens with one attached hydrogen (secondary N) is 2. The van der Waals surface area contributed by atoms with Gasteiger partial charge >= 0.3 is 0 Å². The van der Waals surface area contributed by atoms with Crippen LogP contribution in [0.5, 0.6) is 0 Å². The van der Waals surface area contributed by atoms with Crippen LogP contribution in [0.25, 0.3) is 0 Å². The van der Waals surface area contributed by atoms with Crippen molar-refractivity contribution in [2.75, 3.05) is 32.8 Å². The number of benzene rings is 1. The van der Waals surface area contributed by atoms with Gasteiger partial charge in [0.15, 0.2) is 0 Å². The molecule has 1 atom stereocenters. The minimum atomic E-state index is -0.0737. The smallest absolute Gasteiger partial charge is 0.255 e. The van der Waals surface area contributed by atoms with Crippen molar-refractivity contribution in [1.82, 2.24) is 20.4 Å². The van der Waals surface area contributed by atoms with Gasteiger partial charge in [0.1, 0.15) is 0 Å². The first-order valence-corrected chi connectivity index (χ1v) is 8.37. The number of ether oxygens (including phenoxy) is 1. The molecule has 6 nitrogen and oxygen atoms in total. The van der Waals surface area contributed by atoms with Crippen LogP contribution in [0.1, 0.15) is 21.6 Å². The van der Waals surface area contributed by atoms with Crippen molar-refractivity contribution < 1.29 is 9.53 Å². The summed E-state index contributed by atoms with van der Waals surface area (Å²) < 4.78 is 5.41. The summed E-state index contributed by atoms with van der Waals surface area (Å²) in [5.74, 6) is -0.0737. The summed E-state index contributed by atoms with van der Waals surface area (Å²) in [5.41, 5.74) is 2.62. The zero-order valence-corrected chi connectivity index (χ0v) is 14.0. The number of aromatic amines is 1. The number of H-pyrrole nitrogens is 1. The number of hydrogen-bond acceptors (Lipinski definition) is 4. The zero-order valence-electron chi connectivity index (χ0n) is 14.0. The molecule has 2 aromatic rings. The molecule has 2 N–H and O–H groups in total. The second-order valence-corrected chi connectivity index (χ2v) is 6.18. The molecule has 3 rings (SSSR count). The van der Waals surface area contributed by atoms with E-state index in [1.807, 2.05) is 25.1 Å². The quantitative estimate of drug-likeness (QED) is 0.841. The molecule has 1 unspecified atom stereocenters. The van der Waals surface area contributed by atoms with Crippen LogP contribution in [0.4, 0.5) is 0 Å². The van der Waals surface area contributed by atoms with Crippen molar-refractivity contribution >= 4 is 5.91 Å². The number of aryl methyl sites for hydroxylation is 1. The molecule has 1 fully saturated rings. The van der Waals surface area contributed by atoms with Crippen LogP contribution < -0.4 is 5.32 Å². The molecule has 0 saturated carbocycles. The van der Waals surface area contributed by atoms with Gasteiger partial charge in [0.05, 0.1) is 25.0 Å². The van der Waals surface area contributed by atoms with Crippen LogP contribution in [-0.2, 0) is 11.2 Å². The number of amides is 1. The molecule has 0 spiro atoms. The fourth-order valence-corrected chi connectivity index (χ4v) is 3.00. The number of morpholine rings is 1. The predicted octanol–water partition coefficient (Wildman–Crippen LogP) is 1.39. The first-order valence-electron chi connectivity index (χ1n) is 8.37. The Morgan fingerprint density at radius 1 is 1.33 bits per heavy atom. The molecule has 1 aliphatic heterocycles. The summed E-state index contributed by atoms with van der Waals surface area (Å²) >= 11 is 0. The van der Waals surface area contributed by atoms with E-state index in [0.29, 0.717) is 5.56 Å². The van der Waals surface area contributed by atoms with E-state index >= 15 is 0 Å². The second-order valence-electron chi connectivity index (χ2n) is 6.18. The van der Waals surface area contributed by atoms with E-state index in [9.17, 15) is 4.79 Å². The molecule has 2 heterocycles. The van der Waals surface area contributed by atoms with Crippen LogP contribution in [0.2, 0.25) is 0 Å². The molecule has 1 amide bonds. The van der Waals surface area contributed by atoms with Gasteiger partial charge in [0.2, 0.25) is 0 Å². The Morgan fingerprint density at radius 3 is 2.75 bits per heavy atom. The van der Waals surface area contributed by atoms with E-state index in [4.69, 9.17) is 4.74 Å². The fraction of sp³-hybridized carbons (Fsp3) is 0.444. The van der Waals surface area contributed by atoms with Gasteiger partial charge in [0, 0.05) is 31.4 Å². The zero-order chi connectivity index (χ0) is 16.8. The summed E-state index contributed by atoms with van der Waals surface area (Å²) in [6.45, 7) is 6.01. The number of aromatic nitrogens is 2. The SMILES string of the molecule is Cc1[nH]ncc1C(=O)NC(Cc1ccccc1)CN1CCOCC1. The molecule has 1 aliphatic rings. The van der Waals surface area contributed by atoms with E-state index in [0.717, 1.165) is 45.0 Å². The van der Waals surface area contributed by atoms with Gasteiger partial charge in [-0.2, -0.15) is 5.10 Å². The summed E-state index contributed by atoms with van der Waals surface area (Å²) in [6, 6.07) is 10.3. The van der Waals surface area contributed by atoms with Crippen LogP contribution in [-0.4, -0.2) is 59.9 Å². The average molecular weight is 328 g/mol. The van der Waals surface area contributed by atoms with Gasteiger partial charge in [-0.15, -0.1) is 0 Å². The van der Waals surface area contributed by atoms with Crippen molar-refractivity contribution in [2.24, 2.45) is 0 Å².